The van der Waals surface area contributed by atoms with E-state index in [1.54, 1.807) is 30.1 Å². The van der Waals surface area contributed by atoms with Crippen LogP contribution >= 0.6 is 11.6 Å². The van der Waals surface area contributed by atoms with Crippen LogP contribution in [0, 0.1) is 0 Å². The van der Waals surface area contributed by atoms with Crippen LogP contribution in [0.5, 0.6) is 5.75 Å². The maximum atomic E-state index is 12.5. The molecule has 3 heterocycles. The molecular weight excluding hydrogens is 392 g/mol. The highest BCUT2D eigenvalue weighted by Crippen LogP contribution is 2.24. The van der Waals surface area contributed by atoms with Gasteiger partial charge in [-0.15, -0.1) is 0 Å². The first-order valence-corrected chi connectivity index (χ1v) is 9.72. The zero-order valence-electron chi connectivity index (χ0n) is 16.0. The van der Waals surface area contributed by atoms with Crippen LogP contribution in [-0.4, -0.2) is 46.9 Å². The Bertz CT molecular complexity index is 1040. The highest BCUT2D eigenvalue weighted by Gasteiger charge is 2.24. The van der Waals surface area contributed by atoms with E-state index in [9.17, 15) is 4.79 Å². The number of aromatic nitrogens is 3. The van der Waals surface area contributed by atoms with Crippen LogP contribution < -0.4 is 15.2 Å². The summed E-state index contributed by atoms with van der Waals surface area (Å²) in [6.07, 6.45) is 3.21. The van der Waals surface area contributed by atoms with Crippen molar-refractivity contribution in [3.05, 3.63) is 70.2 Å². The smallest absolute Gasteiger partial charge is 0.255 e. The van der Waals surface area contributed by atoms with Crippen molar-refractivity contribution in [3.8, 4) is 17.0 Å². The minimum absolute atomic E-state index is 0.114. The Labute approximate surface area is 173 Å². The molecule has 150 valence electrons. The van der Waals surface area contributed by atoms with Gasteiger partial charge < -0.3 is 14.4 Å². The second-order valence-corrected chi connectivity index (χ2v) is 7.16. The number of rotatable bonds is 5. The third-order valence-corrected chi connectivity index (χ3v) is 5.08. The minimum Gasteiger partial charge on any atom is -0.489 e. The third-order valence-electron chi connectivity index (χ3n) is 4.77. The van der Waals surface area contributed by atoms with Gasteiger partial charge in [-0.3, -0.25) is 14.3 Å². The highest BCUT2D eigenvalue weighted by atomic mass is 35.5. The molecule has 4 rings (SSSR count). The molecule has 1 atom stereocenters. The fourth-order valence-corrected chi connectivity index (χ4v) is 3.42. The summed E-state index contributed by atoms with van der Waals surface area (Å²) in [4.78, 5) is 23.3. The van der Waals surface area contributed by atoms with Crippen LogP contribution in [0.3, 0.4) is 0 Å². The largest absolute Gasteiger partial charge is 0.489 e. The number of pyridine rings is 1. The van der Waals surface area contributed by atoms with E-state index < -0.39 is 0 Å². The number of halogens is 1. The molecule has 0 N–H and O–H groups in total. The second-order valence-electron chi connectivity index (χ2n) is 6.75. The summed E-state index contributed by atoms with van der Waals surface area (Å²) in [6.45, 7) is 2.08. The van der Waals surface area contributed by atoms with Crippen molar-refractivity contribution < 1.29 is 9.47 Å². The van der Waals surface area contributed by atoms with Crippen LogP contribution in [0.15, 0.2) is 59.7 Å². The molecule has 2 aromatic heterocycles. The average Bonchev–Trinajstić information content (AvgIpc) is 2.76. The van der Waals surface area contributed by atoms with Gasteiger partial charge in [-0.2, -0.15) is 0 Å². The minimum atomic E-state index is -0.165. The monoisotopic (exact) mass is 412 g/mol. The van der Waals surface area contributed by atoms with Gasteiger partial charge in [0.25, 0.3) is 5.56 Å². The summed E-state index contributed by atoms with van der Waals surface area (Å²) >= 11 is 6.15. The molecule has 1 saturated heterocycles. The molecule has 0 aliphatic carbocycles. The number of hydrogen-bond donors (Lipinski definition) is 0. The Morgan fingerprint density at radius 2 is 2.03 bits per heavy atom. The molecule has 0 saturated carbocycles. The molecule has 0 spiro atoms. The predicted octanol–water partition coefficient (Wildman–Crippen LogP) is 2.78. The van der Waals surface area contributed by atoms with Crippen LogP contribution in [0.4, 0.5) is 5.95 Å². The van der Waals surface area contributed by atoms with E-state index in [2.05, 4.69) is 9.88 Å². The first kappa shape index (κ1) is 19.4. The van der Waals surface area contributed by atoms with E-state index in [1.165, 1.54) is 6.07 Å². The van der Waals surface area contributed by atoms with E-state index >= 15 is 0 Å². The van der Waals surface area contributed by atoms with Crippen LogP contribution in [0.2, 0.25) is 5.02 Å². The lowest BCUT2D eigenvalue weighted by Crippen LogP contribution is -2.47. The summed E-state index contributed by atoms with van der Waals surface area (Å²) in [7, 11) is 1.73. The number of benzene rings is 1. The first-order valence-electron chi connectivity index (χ1n) is 9.34. The topological polar surface area (TPSA) is 69.5 Å². The lowest BCUT2D eigenvalue weighted by Gasteiger charge is -2.34. The Morgan fingerprint density at radius 1 is 1.24 bits per heavy atom. The molecule has 1 aliphatic heterocycles. The molecule has 1 unspecified atom stereocenters. The number of anilines is 1. The van der Waals surface area contributed by atoms with E-state index in [4.69, 9.17) is 26.1 Å². The molecule has 1 aromatic carbocycles. The molecule has 3 aromatic rings. The third kappa shape index (κ3) is 4.41. The maximum Gasteiger partial charge on any atom is 0.255 e. The van der Waals surface area contributed by atoms with Crippen LogP contribution in [-0.2, 0) is 11.8 Å². The normalized spacial score (nSPS) is 16.6. The standard InChI is InChI=1S/C21H21ClN4O3/c1-25-20(27)12-18(15-6-8-23-9-7-15)24-21(25)26-10-11-28-16(13-26)14-29-19-5-3-2-4-17(19)22/h2-9,12,16H,10-11,13-14H2,1H3. The number of nitrogens with zero attached hydrogens (tertiary/aromatic N) is 4. The van der Waals surface area contributed by atoms with Gasteiger partial charge in [0.2, 0.25) is 5.95 Å². The van der Waals surface area contributed by atoms with Crippen LogP contribution in [0.25, 0.3) is 11.3 Å². The Balaban J connectivity index is 1.53. The molecule has 1 fully saturated rings. The summed E-state index contributed by atoms with van der Waals surface area (Å²) < 4.78 is 13.2. The van der Waals surface area contributed by atoms with Gasteiger partial charge in [0.15, 0.2) is 0 Å². The Hall–Kier alpha value is -2.90. The number of ether oxygens (including phenoxy) is 2. The average molecular weight is 413 g/mol. The van der Waals surface area contributed by atoms with E-state index in [-0.39, 0.29) is 11.7 Å². The van der Waals surface area contributed by atoms with Gasteiger partial charge in [-0.05, 0) is 24.3 Å². The summed E-state index contributed by atoms with van der Waals surface area (Å²) in [6, 6.07) is 12.6. The van der Waals surface area contributed by atoms with Crippen molar-refractivity contribution in [1.82, 2.24) is 14.5 Å². The van der Waals surface area contributed by atoms with Gasteiger partial charge in [-0.25, -0.2) is 4.98 Å². The SMILES string of the molecule is Cn1c(N2CCOC(COc3ccccc3Cl)C2)nc(-c2ccncc2)cc1=O. The molecule has 0 radical (unpaired) electrons. The quantitative estimate of drug-likeness (QED) is 0.641. The number of para-hydroxylation sites is 1. The van der Waals surface area contributed by atoms with Gasteiger partial charge in [0, 0.05) is 37.6 Å². The van der Waals surface area contributed by atoms with Gasteiger partial charge in [-0.1, -0.05) is 23.7 Å². The second kappa shape index (κ2) is 8.63. The molecule has 0 amide bonds. The molecular formula is C21H21ClN4O3. The van der Waals surface area contributed by atoms with Crippen molar-refractivity contribution in [2.75, 3.05) is 31.2 Å². The van der Waals surface area contributed by atoms with Gasteiger partial charge >= 0.3 is 0 Å². The first-order chi connectivity index (χ1) is 14.1. The lowest BCUT2D eigenvalue weighted by atomic mass is 10.2. The Kier molecular flexibility index (Phi) is 5.78. The number of morpholine rings is 1. The molecule has 29 heavy (non-hydrogen) atoms. The zero-order valence-corrected chi connectivity index (χ0v) is 16.7. The van der Waals surface area contributed by atoms with E-state index in [0.29, 0.717) is 48.7 Å². The molecule has 8 heteroatoms. The molecule has 7 nitrogen and oxygen atoms in total. The van der Waals surface area contributed by atoms with Crippen molar-refractivity contribution >= 4 is 17.5 Å². The van der Waals surface area contributed by atoms with Gasteiger partial charge in [0.1, 0.15) is 18.5 Å². The summed E-state index contributed by atoms with van der Waals surface area (Å²) in [5, 5.41) is 0.564. The van der Waals surface area contributed by atoms with Crippen LogP contribution in [0.1, 0.15) is 0 Å². The molecule has 0 bridgehead atoms. The predicted molar refractivity (Wildman–Crippen MR) is 112 cm³/mol. The van der Waals surface area contributed by atoms with Crippen molar-refractivity contribution in [3.63, 3.8) is 0 Å². The summed E-state index contributed by atoms with van der Waals surface area (Å²) in [5.74, 6) is 1.23. The summed E-state index contributed by atoms with van der Waals surface area (Å²) in [5.41, 5.74) is 1.36. The van der Waals surface area contributed by atoms with Gasteiger partial charge in [0.05, 0.1) is 23.9 Å². The fourth-order valence-electron chi connectivity index (χ4n) is 3.23. The van der Waals surface area contributed by atoms with E-state index in [0.717, 1.165) is 5.56 Å². The fraction of sp³-hybridized carbons (Fsp3) is 0.286. The number of hydrogen-bond acceptors (Lipinski definition) is 6. The highest BCUT2D eigenvalue weighted by molar-refractivity contribution is 6.32. The Morgan fingerprint density at radius 3 is 2.83 bits per heavy atom. The maximum absolute atomic E-state index is 12.5. The van der Waals surface area contributed by atoms with E-state index in [1.807, 2.05) is 30.3 Å². The van der Waals surface area contributed by atoms with Crippen molar-refractivity contribution in [2.24, 2.45) is 7.05 Å². The van der Waals surface area contributed by atoms with Crippen molar-refractivity contribution in [2.45, 2.75) is 6.10 Å². The lowest BCUT2D eigenvalue weighted by molar-refractivity contribution is 0.00964. The molecule has 1 aliphatic rings. The van der Waals surface area contributed by atoms with Crippen molar-refractivity contribution in [1.29, 1.82) is 0 Å². The zero-order chi connectivity index (χ0) is 20.2.